The van der Waals surface area contributed by atoms with E-state index in [1.54, 1.807) is 0 Å². The summed E-state index contributed by atoms with van der Waals surface area (Å²) >= 11 is 0. The predicted octanol–water partition coefficient (Wildman–Crippen LogP) is 6.48. The lowest BCUT2D eigenvalue weighted by molar-refractivity contribution is 0.0497. The van der Waals surface area contributed by atoms with E-state index in [4.69, 9.17) is 9.47 Å². The fourth-order valence-corrected chi connectivity index (χ4v) is 3.53. The van der Waals surface area contributed by atoms with Gasteiger partial charge in [-0.1, -0.05) is 58.8 Å². The first kappa shape index (κ1) is 20.8. The molecule has 0 saturated carbocycles. The third-order valence-electron chi connectivity index (χ3n) is 5.19. The van der Waals surface area contributed by atoms with Gasteiger partial charge in [-0.2, -0.15) is 0 Å². The van der Waals surface area contributed by atoms with Crippen molar-refractivity contribution in [3.63, 3.8) is 0 Å². The number of ether oxygens (including phenoxy) is 2. The highest BCUT2D eigenvalue weighted by atomic mass is 16.5. The molecule has 1 aromatic rings. The average Bonchev–Trinajstić information content (AvgIpc) is 2.67. The molecule has 2 rings (SSSR count). The van der Waals surface area contributed by atoms with Gasteiger partial charge in [0.2, 0.25) is 0 Å². The van der Waals surface area contributed by atoms with E-state index in [1.807, 2.05) is 18.2 Å². The first-order valence-electron chi connectivity index (χ1n) is 10.7. The molecule has 0 saturated heterocycles. The number of rotatable bonds is 12. The summed E-state index contributed by atoms with van der Waals surface area (Å²) in [5, 5.41) is 0. The van der Waals surface area contributed by atoms with Crippen LogP contribution in [0.25, 0.3) is 0 Å². The Balaban J connectivity index is 1.75. The zero-order chi connectivity index (χ0) is 18.6. The van der Waals surface area contributed by atoms with Gasteiger partial charge in [-0.25, -0.2) is 4.79 Å². The van der Waals surface area contributed by atoms with Crippen LogP contribution in [0.5, 0.6) is 5.75 Å². The lowest BCUT2D eigenvalue weighted by Gasteiger charge is -2.26. The largest absolute Gasteiger partial charge is 0.490 e. The Kier molecular flexibility index (Phi) is 9.58. The van der Waals surface area contributed by atoms with Crippen LogP contribution in [-0.4, -0.2) is 18.7 Å². The lowest BCUT2D eigenvalue weighted by atomic mass is 9.97. The summed E-state index contributed by atoms with van der Waals surface area (Å²) in [6.07, 6.45) is 14.5. The van der Waals surface area contributed by atoms with Crippen LogP contribution in [0.1, 0.15) is 100 Å². The smallest absolute Gasteiger partial charge is 0.338 e. The van der Waals surface area contributed by atoms with E-state index in [0.29, 0.717) is 18.3 Å². The first-order chi connectivity index (χ1) is 12.7. The Hall–Kier alpha value is -1.51. The molecule has 1 aliphatic rings. The van der Waals surface area contributed by atoms with Gasteiger partial charge in [0.15, 0.2) is 0 Å². The maximum atomic E-state index is 12.2. The highest BCUT2D eigenvalue weighted by Gasteiger charge is 2.21. The molecule has 0 aliphatic carbocycles. The van der Waals surface area contributed by atoms with Crippen LogP contribution in [0.2, 0.25) is 0 Å². The molecule has 1 aliphatic heterocycles. The lowest BCUT2D eigenvalue weighted by Crippen LogP contribution is -2.23. The predicted molar refractivity (Wildman–Crippen MR) is 107 cm³/mol. The van der Waals surface area contributed by atoms with Crippen molar-refractivity contribution >= 4 is 5.97 Å². The molecule has 146 valence electrons. The molecular formula is C23H36O3. The summed E-state index contributed by atoms with van der Waals surface area (Å²) in [4.78, 5) is 12.2. The van der Waals surface area contributed by atoms with Crippen LogP contribution in [0.15, 0.2) is 18.2 Å². The standard InChI is InChI=1S/C23H36O3/c1-3-5-7-9-11-17-25-23(24)20-14-16-22-19(18-20)13-15-21(26-22)12-10-8-6-4-2/h14,16,18,21H,3-13,15,17H2,1-2H3/t21-/m1/s1. The van der Waals surface area contributed by atoms with Gasteiger partial charge >= 0.3 is 5.97 Å². The van der Waals surface area contributed by atoms with Crippen LogP contribution >= 0.6 is 0 Å². The quantitative estimate of drug-likeness (QED) is 0.316. The number of hydrogen-bond acceptors (Lipinski definition) is 3. The molecule has 1 heterocycles. The second-order valence-electron chi connectivity index (χ2n) is 7.50. The summed E-state index contributed by atoms with van der Waals surface area (Å²) in [5.74, 6) is 0.748. The van der Waals surface area contributed by atoms with Gasteiger partial charge in [0.25, 0.3) is 0 Å². The summed E-state index contributed by atoms with van der Waals surface area (Å²) in [6.45, 7) is 4.97. The van der Waals surface area contributed by atoms with E-state index in [0.717, 1.165) is 43.4 Å². The molecule has 0 bridgehead atoms. The Morgan fingerprint density at radius 3 is 2.54 bits per heavy atom. The second kappa shape index (κ2) is 12.0. The maximum absolute atomic E-state index is 12.2. The molecule has 0 spiro atoms. The van der Waals surface area contributed by atoms with Crippen molar-refractivity contribution in [2.45, 2.75) is 97.0 Å². The molecule has 0 unspecified atom stereocenters. The fraction of sp³-hybridized carbons (Fsp3) is 0.696. The van der Waals surface area contributed by atoms with Crippen LogP contribution in [0.3, 0.4) is 0 Å². The van der Waals surface area contributed by atoms with Crippen molar-refractivity contribution in [1.29, 1.82) is 0 Å². The van der Waals surface area contributed by atoms with Gasteiger partial charge in [0, 0.05) is 0 Å². The van der Waals surface area contributed by atoms with Crippen LogP contribution in [-0.2, 0) is 11.2 Å². The molecule has 0 N–H and O–H groups in total. The van der Waals surface area contributed by atoms with Crippen LogP contribution in [0.4, 0.5) is 0 Å². The van der Waals surface area contributed by atoms with Crippen molar-refractivity contribution in [3.8, 4) is 5.75 Å². The van der Waals surface area contributed by atoms with Gasteiger partial charge in [0.05, 0.1) is 18.3 Å². The third-order valence-corrected chi connectivity index (χ3v) is 5.19. The van der Waals surface area contributed by atoms with Crippen molar-refractivity contribution in [3.05, 3.63) is 29.3 Å². The Morgan fingerprint density at radius 1 is 1.04 bits per heavy atom. The monoisotopic (exact) mass is 360 g/mol. The Labute approximate surface area is 159 Å². The number of carbonyl (C=O) groups excluding carboxylic acids is 1. The Morgan fingerprint density at radius 2 is 1.77 bits per heavy atom. The molecule has 0 fully saturated rings. The minimum absolute atomic E-state index is 0.204. The average molecular weight is 361 g/mol. The zero-order valence-electron chi connectivity index (χ0n) is 16.7. The number of aryl methyl sites for hydroxylation is 1. The molecule has 26 heavy (non-hydrogen) atoms. The summed E-state index contributed by atoms with van der Waals surface area (Å²) in [5.41, 5.74) is 1.80. The minimum Gasteiger partial charge on any atom is -0.490 e. The fourth-order valence-electron chi connectivity index (χ4n) is 3.53. The highest BCUT2D eigenvalue weighted by molar-refractivity contribution is 5.89. The number of benzene rings is 1. The van der Waals surface area contributed by atoms with E-state index in [-0.39, 0.29) is 5.97 Å². The van der Waals surface area contributed by atoms with Crippen molar-refractivity contribution in [2.75, 3.05) is 6.61 Å². The molecule has 1 aromatic carbocycles. The van der Waals surface area contributed by atoms with Crippen LogP contribution < -0.4 is 4.74 Å². The zero-order valence-corrected chi connectivity index (χ0v) is 16.7. The molecule has 0 aromatic heterocycles. The first-order valence-corrected chi connectivity index (χ1v) is 10.7. The number of hydrogen-bond donors (Lipinski definition) is 0. The van der Waals surface area contributed by atoms with E-state index in [1.165, 1.54) is 44.9 Å². The summed E-state index contributed by atoms with van der Waals surface area (Å²) in [7, 11) is 0. The number of unbranched alkanes of at least 4 members (excludes halogenated alkanes) is 7. The summed E-state index contributed by atoms with van der Waals surface area (Å²) in [6, 6.07) is 5.76. The van der Waals surface area contributed by atoms with Gasteiger partial charge in [-0.05, 0) is 55.9 Å². The van der Waals surface area contributed by atoms with E-state index < -0.39 is 0 Å². The highest BCUT2D eigenvalue weighted by Crippen LogP contribution is 2.30. The van der Waals surface area contributed by atoms with Crippen molar-refractivity contribution in [2.24, 2.45) is 0 Å². The molecule has 3 nitrogen and oxygen atoms in total. The van der Waals surface area contributed by atoms with Gasteiger partial charge < -0.3 is 9.47 Å². The van der Waals surface area contributed by atoms with Gasteiger partial charge in [-0.15, -0.1) is 0 Å². The van der Waals surface area contributed by atoms with E-state index in [9.17, 15) is 4.79 Å². The number of esters is 1. The van der Waals surface area contributed by atoms with Crippen LogP contribution in [0, 0.1) is 0 Å². The normalized spacial score (nSPS) is 16.0. The SMILES string of the molecule is CCCCCCCOC(=O)c1ccc2c(c1)CC[C@@H](CCCCCC)O2. The third kappa shape index (κ3) is 7.01. The topological polar surface area (TPSA) is 35.5 Å². The Bertz CT molecular complexity index is 538. The number of carbonyl (C=O) groups is 1. The van der Waals surface area contributed by atoms with Gasteiger partial charge in [0.1, 0.15) is 5.75 Å². The van der Waals surface area contributed by atoms with Gasteiger partial charge in [-0.3, -0.25) is 0 Å². The molecular weight excluding hydrogens is 324 g/mol. The second-order valence-corrected chi connectivity index (χ2v) is 7.50. The maximum Gasteiger partial charge on any atom is 0.338 e. The minimum atomic E-state index is -0.204. The summed E-state index contributed by atoms with van der Waals surface area (Å²) < 4.78 is 11.5. The molecule has 1 atom stereocenters. The molecule has 3 heteroatoms. The van der Waals surface area contributed by atoms with Crippen molar-refractivity contribution < 1.29 is 14.3 Å². The molecule has 0 radical (unpaired) electrons. The molecule has 0 amide bonds. The number of fused-ring (bicyclic) bond motifs is 1. The van der Waals surface area contributed by atoms with E-state index in [2.05, 4.69) is 13.8 Å². The van der Waals surface area contributed by atoms with Crippen molar-refractivity contribution in [1.82, 2.24) is 0 Å². The van der Waals surface area contributed by atoms with E-state index >= 15 is 0 Å².